The minimum absolute atomic E-state index is 0.0471. The molecular weight excluding hydrogens is 476 g/mol. The Bertz CT molecular complexity index is 1290. The molecule has 1 amide bonds. The molecule has 7 nitrogen and oxygen atoms in total. The number of amides is 1. The Labute approximate surface area is 225 Å². The van der Waals surface area contributed by atoms with Crippen LogP contribution >= 0.6 is 0 Å². The molecule has 1 aromatic heterocycles. The van der Waals surface area contributed by atoms with E-state index in [9.17, 15) is 14.4 Å². The van der Waals surface area contributed by atoms with Crippen molar-refractivity contribution in [3.8, 4) is 22.5 Å². The zero-order valence-electron chi connectivity index (χ0n) is 22.8. The Morgan fingerprint density at radius 3 is 2.32 bits per heavy atom. The van der Waals surface area contributed by atoms with Crippen molar-refractivity contribution >= 4 is 23.2 Å². The number of Topliss-reactive ketones (excluding diaryl/α,β-unsaturated/α-hetero) is 2. The Kier molecular flexibility index (Phi) is 9.21. The zero-order valence-corrected chi connectivity index (χ0v) is 22.8. The van der Waals surface area contributed by atoms with Crippen LogP contribution in [0.2, 0.25) is 0 Å². The molecule has 4 rings (SSSR count). The molecule has 0 spiro atoms. The fourth-order valence-corrected chi connectivity index (χ4v) is 4.95. The maximum absolute atomic E-state index is 13.6. The largest absolute Gasteiger partial charge is 0.307 e. The minimum atomic E-state index is 0.0471. The van der Waals surface area contributed by atoms with E-state index in [4.69, 9.17) is 0 Å². The van der Waals surface area contributed by atoms with Crippen molar-refractivity contribution in [1.29, 1.82) is 0 Å². The van der Waals surface area contributed by atoms with Crippen molar-refractivity contribution in [2.24, 2.45) is 5.92 Å². The predicted octanol–water partition coefficient (Wildman–Crippen LogP) is 6.39. The van der Waals surface area contributed by atoms with Gasteiger partial charge in [0.15, 0.2) is 0 Å². The molecule has 0 unspecified atom stereocenters. The Morgan fingerprint density at radius 2 is 1.55 bits per heavy atom. The first kappa shape index (κ1) is 27.4. The van der Waals surface area contributed by atoms with Gasteiger partial charge in [0.2, 0.25) is 5.91 Å². The number of anilines is 1. The summed E-state index contributed by atoms with van der Waals surface area (Å²) in [5.41, 5.74) is 5.48. The van der Waals surface area contributed by atoms with Gasteiger partial charge in [-0.05, 0) is 37.3 Å². The molecule has 0 N–H and O–H groups in total. The standard InChI is InChI=1S/C31H38N4O3/c1-4-24(36)14-6-10-19-29(38)34-21-23-13-5-7-15-25(23)30-31(26-16-8-9-17-27(26)34)35(33-32-30)20-12-11-18-28(37)22(2)3/h5,7-9,13,15-17,22H,4,6,10-12,14,18-21H2,1-3H3. The summed E-state index contributed by atoms with van der Waals surface area (Å²) in [6.45, 7) is 6.84. The maximum Gasteiger partial charge on any atom is 0.227 e. The molecule has 200 valence electrons. The number of fused-ring (bicyclic) bond motifs is 5. The number of hydrogen-bond acceptors (Lipinski definition) is 5. The first-order valence-electron chi connectivity index (χ1n) is 13.9. The Balaban J connectivity index is 1.65. The molecule has 0 radical (unpaired) electrons. The van der Waals surface area contributed by atoms with E-state index in [1.807, 2.05) is 78.9 Å². The van der Waals surface area contributed by atoms with Gasteiger partial charge in [0, 0.05) is 49.3 Å². The topological polar surface area (TPSA) is 85.2 Å². The summed E-state index contributed by atoms with van der Waals surface area (Å²) in [5.74, 6) is 0.627. The first-order chi connectivity index (χ1) is 18.4. The van der Waals surface area contributed by atoms with Crippen molar-refractivity contribution in [2.45, 2.75) is 85.2 Å². The molecule has 0 aliphatic carbocycles. The molecule has 1 aliphatic rings. The Morgan fingerprint density at radius 1 is 0.868 bits per heavy atom. The van der Waals surface area contributed by atoms with Gasteiger partial charge in [-0.2, -0.15) is 0 Å². The summed E-state index contributed by atoms with van der Waals surface area (Å²) in [5, 5.41) is 9.14. The third-order valence-corrected chi connectivity index (χ3v) is 7.26. The van der Waals surface area contributed by atoms with Crippen LogP contribution in [-0.4, -0.2) is 32.5 Å². The molecule has 0 fully saturated rings. The third kappa shape index (κ3) is 6.26. The number of nitrogens with zero attached hydrogens (tertiary/aromatic N) is 4. The minimum Gasteiger partial charge on any atom is -0.307 e. The first-order valence-corrected chi connectivity index (χ1v) is 13.9. The molecule has 7 heteroatoms. The van der Waals surface area contributed by atoms with Crippen LogP contribution in [0.15, 0.2) is 48.5 Å². The summed E-state index contributed by atoms with van der Waals surface area (Å²) < 4.78 is 1.93. The molecule has 2 heterocycles. The Hall–Kier alpha value is -3.61. The van der Waals surface area contributed by atoms with Crippen LogP contribution in [0.1, 0.15) is 77.7 Å². The number of para-hydroxylation sites is 1. The number of rotatable bonds is 12. The van der Waals surface area contributed by atoms with E-state index in [0.717, 1.165) is 53.0 Å². The number of benzene rings is 2. The number of carbonyl (C=O) groups excluding carboxylic acids is 3. The fraction of sp³-hybridized carbons (Fsp3) is 0.452. The maximum atomic E-state index is 13.6. The van der Waals surface area contributed by atoms with Gasteiger partial charge in [-0.15, -0.1) is 5.10 Å². The zero-order chi connectivity index (χ0) is 27.1. The predicted molar refractivity (Wildman–Crippen MR) is 150 cm³/mol. The van der Waals surface area contributed by atoms with Gasteiger partial charge in [0.05, 0.1) is 17.9 Å². The second-order valence-corrected chi connectivity index (χ2v) is 10.3. The molecule has 3 aromatic rings. The number of aryl methyl sites for hydroxylation is 1. The molecule has 2 aromatic carbocycles. The van der Waals surface area contributed by atoms with Crippen LogP contribution in [0.4, 0.5) is 5.69 Å². The van der Waals surface area contributed by atoms with E-state index in [2.05, 4.69) is 10.3 Å². The molecule has 0 atom stereocenters. The lowest BCUT2D eigenvalue weighted by Gasteiger charge is -2.29. The third-order valence-electron chi connectivity index (χ3n) is 7.26. The molecule has 38 heavy (non-hydrogen) atoms. The number of unbranched alkanes of at least 4 members (excludes halogenated alkanes) is 2. The highest BCUT2D eigenvalue weighted by Crippen LogP contribution is 2.41. The number of aromatic nitrogens is 3. The fourth-order valence-electron chi connectivity index (χ4n) is 4.95. The van der Waals surface area contributed by atoms with Crippen molar-refractivity contribution in [1.82, 2.24) is 15.0 Å². The lowest BCUT2D eigenvalue weighted by atomic mass is 9.95. The van der Waals surface area contributed by atoms with Gasteiger partial charge in [-0.1, -0.05) is 68.4 Å². The molecule has 0 bridgehead atoms. The molecule has 1 aliphatic heterocycles. The lowest BCUT2D eigenvalue weighted by Crippen LogP contribution is -2.31. The van der Waals surface area contributed by atoms with E-state index in [-0.39, 0.29) is 23.4 Å². The SMILES string of the molecule is CCC(=O)CCCCC(=O)N1Cc2ccccc2-c2nnn(CCCCC(=O)C(C)C)c2-c2ccccc21. The van der Waals surface area contributed by atoms with E-state index in [1.54, 1.807) is 0 Å². The van der Waals surface area contributed by atoms with Gasteiger partial charge in [-0.25, -0.2) is 4.68 Å². The normalized spacial score (nSPS) is 12.4. The van der Waals surface area contributed by atoms with Gasteiger partial charge in [0.1, 0.15) is 17.3 Å². The second-order valence-electron chi connectivity index (χ2n) is 10.3. The number of hydrogen-bond donors (Lipinski definition) is 0. The number of carbonyl (C=O) groups is 3. The highest BCUT2D eigenvalue weighted by molar-refractivity contribution is 6.00. The van der Waals surface area contributed by atoms with Crippen LogP contribution in [0.3, 0.4) is 0 Å². The van der Waals surface area contributed by atoms with Crippen LogP contribution in [0, 0.1) is 5.92 Å². The number of ketones is 2. The van der Waals surface area contributed by atoms with Crippen molar-refractivity contribution < 1.29 is 14.4 Å². The van der Waals surface area contributed by atoms with E-state index < -0.39 is 0 Å². The summed E-state index contributed by atoms with van der Waals surface area (Å²) in [7, 11) is 0. The van der Waals surface area contributed by atoms with Gasteiger partial charge < -0.3 is 4.90 Å². The monoisotopic (exact) mass is 514 g/mol. The lowest BCUT2D eigenvalue weighted by molar-refractivity contribution is -0.122. The van der Waals surface area contributed by atoms with Crippen molar-refractivity contribution in [3.05, 3.63) is 54.1 Å². The molecular formula is C31H38N4O3. The second kappa shape index (κ2) is 12.8. The van der Waals surface area contributed by atoms with Crippen LogP contribution in [0.5, 0.6) is 0 Å². The van der Waals surface area contributed by atoms with Crippen LogP contribution in [-0.2, 0) is 27.5 Å². The average molecular weight is 515 g/mol. The molecule has 0 saturated heterocycles. The van der Waals surface area contributed by atoms with E-state index in [1.165, 1.54) is 0 Å². The quantitative estimate of drug-likeness (QED) is 0.261. The van der Waals surface area contributed by atoms with E-state index in [0.29, 0.717) is 45.2 Å². The highest BCUT2D eigenvalue weighted by Gasteiger charge is 2.28. The summed E-state index contributed by atoms with van der Waals surface area (Å²) in [6.07, 6.45) is 5.06. The average Bonchev–Trinajstić information content (AvgIpc) is 3.33. The van der Waals surface area contributed by atoms with Crippen LogP contribution < -0.4 is 4.90 Å². The summed E-state index contributed by atoms with van der Waals surface area (Å²) >= 11 is 0. The van der Waals surface area contributed by atoms with Gasteiger partial charge in [0.25, 0.3) is 0 Å². The van der Waals surface area contributed by atoms with Crippen molar-refractivity contribution in [2.75, 3.05) is 4.90 Å². The summed E-state index contributed by atoms with van der Waals surface area (Å²) in [6, 6.07) is 16.0. The van der Waals surface area contributed by atoms with Crippen molar-refractivity contribution in [3.63, 3.8) is 0 Å². The van der Waals surface area contributed by atoms with Gasteiger partial charge >= 0.3 is 0 Å². The highest BCUT2D eigenvalue weighted by atomic mass is 16.2. The summed E-state index contributed by atoms with van der Waals surface area (Å²) in [4.78, 5) is 39.2. The van der Waals surface area contributed by atoms with E-state index >= 15 is 0 Å². The molecule has 0 saturated carbocycles. The van der Waals surface area contributed by atoms with Gasteiger partial charge in [-0.3, -0.25) is 14.4 Å². The van der Waals surface area contributed by atoms with Crippen LogP contribution in [0.25, 0.3) is 22.5 Å². The smallest absolute Gasteiger partial charge is 0.227 e.